The second kappa shape index (κ2) is 8.39. The molecule has 0 atom stereocenters. The van der Waals surface area contributed by atoms with Crippen molar-refractivity contribution in [3.8, 4) is 22.6 Å². The quantitative estimate of drug-likeness (QED) is 0.436. The number of fused-ring (bicyclic) bond motifs is 1. The molecule has 0 saturated heterocycles. The van der Waals surface area contributed by atoms with Crippen molar-refractivity contribution in [1.82, 2.24) is 24.5 Å². The first-order chi connectivity index (χ1) is 15.9. The standard InChI is InChI=1S/C26H30N6O/c1-16(2)14-27-22-13-21(23-6-5-11-31(23)4)30-32-24(15-28-25(22)32)18-7-10-20(17(3)12-18)26(33)29-19-8-9-19/h5-7,10-13,15-16,19,27H,8-9,14H2,1-4H3,(H,29,33). The van der Waals surface area contributed by atoms with Crippen molar-refractivity contribution >= 4 is 17.2 Å². The molecule has 0 radical (unpaired) electrons. The van der Waals surface area contributed by atoms with Crippen molar-refractivity contribution in [2.75, 3.05) is 11.9 Å². The van der Waals surface area contributed by atoms with E-state index in [1.54, 1.807) is 0 Å². The molecule has 3 aromatic heterocycles. The maximum Gasteiger partial charge on any atom is 0.251 e. The van der Waals surface area contributed by atoms with Gasteiger partial charge in [0.2, 0.25) is 0 Å². The molecule has 5 rings (SSSR count). The Morgan fingerprint density at radius 3 is 2.67 bits per heavy atom. The van der Waals surface area contributed by atoms with Crippen LogP contribution in [-0.2, 0) is 7.05 Å². The number of carbonyl (C=O) groups excluding carboxylic acids is 1. The highest BCUT2D eigenvalue weighted by atomic mass is 16.1. The Balaban J connectivity index is 1.58. The fourth-order valence-corrected chi connectivity index (χ4v) is 4.03. The molecule has 0 bridgehead atoms. The molecule has 33 heavy (non-hydrogen) atoms. The van der Waals surface area contributed by atoms with Crippen LogP contribution in [-0.4, -0.2) is 37.7 Å². The van der Waals surface area contributed by atoms with Crippen LogP contribution in [0.4, 0.5) is 5.69 Å². The molecule has 0 spiro atoms. The third-order valence-electron chi connectivity index (χ3n) is 6.05. The summed E-state index contributed by atoms with van der Waals surface area (Å²) in [6.07, 6.45) is 6.03. The van der Waals surface area contributed by atoms with Gasteiger partial charge < -0.3 is 15.2 Å². The van der Waals surface area contributed by atoms with Gasteiger partial charge in [-0.05, 0) is 61.6 Å². The minimum atomic E-state index is 0.00369. The lowest BCUT2D eigenvalue weighted by atomic mass is 10.0. The molecule has 1 saturated carbocycles. The number of amides is 1. The van der Waals surface area contributed by atoms with Gasteiger partial charge in [-0.1, -0.05) is 19.9 Å². The predicted octanol–water partition coefficient (Wildman–Crippen LogP) is 4.67. The zero-order valence-corrected chi connectivity index (χ0v) is 19.6. The van der Waals surface area contributed by atoms with Crippen LogP contribution in [0.25, 0.3) is 28.3 Å². The first kappa shape index (κ1) is 21.2. The summed E-state index contributed by atoms with van der Waals surface area (Å²) in [6, 6.07) is 12.4. The molecule has 2 N–H and O–H groups in total. The molecule has 3 heterocycles. The topological polar surface area (TPSA) is 76.2 Å². The zero-order valence-electron chi connectivity index (χ0n) is 19.6. The lowest BCUT2D eigenvalue weighted by Gasteiger charge is -2.13. The van der Waals surface area contributed by atoms with Crippen LogP contribution >= 0.6 is 0 Å². The molecule has 1 aromatic carbocycles. The Kier molecular flexibility index (Phi) is 5.40. The van der Waals surface area contributed by atoms with E-state index in [0.717, 1.165) is 64.5 Å². The molecule has 0 unspecified atom stereocenters. The van der Waals surface area contributed by atoms with Crippen LogP contribution in [0.1, 0.15) is 42.6 Å². The number of imidazole rings is 1. The number of hydrogen-bond acceptors (Lipinski definition) is 4. The van der Waals surface area contributed by atoms with Crippen molar-refractivity contribution in [2.24, 2.45) is 13.0 Å². The summed E-state index contributed by atoms with van der Waals surface area (Å²) in [7, 11) is 2.02. The zero-order chi connectivity index (χ0) is 23.1. The van der Waals surface area contributed by atoms with Gasteiger partial charge in [0.1, 0.15) is 5.69 Å². The molecular formula is C26H30N6O. The van der Waals surface area contributed by atoms with Crippen LogP contribution < -0.4 is 10.6 Å². The normalized spacial score (nSPS) is 13.6. The highest BCUT2D eigenvalue weighted by molar-refractivity contribution is 5.96. The summed E-state index contributed by atoms with van der Waals surface area (Å²) in [5.41, 5.74) is 7.19. The number of aryl methyl sites for hydroxylation is 2. The Morgan fingerprint density at radius 2 is 2.00 bits per heavy atom. The van der Waals surface area contributed by atoms with Crippen molar-refractivity contribution in [2.45, 2.75) is 39.7 Å². The van der Waals surface area contributed by atoms with Crippen LogP contribution in [0.2, 0.25) is 0 Å². The number of aromatic nitrogens is 4. The van der Waals surface area contributed by atoms with Gasteiger partial charge in [0.15, 0.2) is 5.65 Å². The molecule has 7 nitrogen and oxygen atoms in total. The van der Waals surface area contributed by atoms with E-state index in [1.165, 1.54) is 0 Å². The molecule has 1 amide bonds. The third kappa shape index (κ3) is 4.23. The average Bonchev–Trinajstić information content (AvgIpc) is 3.32. The number of hydrogen-bond donors (Lipinski definition) is 2. The number of carbonyl (C=O) groups is 1. The van der Waals surface area contributed by atoms with Gasteiger partial charge in [-0.25, -0.2) is 9.50 Å². The highest BCUT2D eigenvalue weighted by Gasteiger charge is 2.24. The van der Waals surface area contributed by atoms with Crippen LogP contribution in [0.15, 0.2) is 48.8 Å². The number of nitrogens with one attached hydrogen (secondary N) is 2. The van der Waals surface area contributed by atoms with Gasteiger partial charge >= 0.3 is 0 Å². The van der Waals surface area contributed by atoms with E-state index in [0.29, 0.717) is 12.0 Å². The van der Waals surface area contributed by atoms with Crippen molar-refractivity contribution in [3.63, 3.8) is 0 Å². The van der Waals surface area contributed by atoms with Gasteiger partial charge in [0.25, 0.3) is 5.91 Å². The van der Waals surface area contributed by atoms with Crippen molar-refractivity contribution < 1.29 is 4.79 Å². The van der Waals surface area contributed by atoms with Gasteiger partial charge in [0, 0.05) is 37.0 Å². The van der Waals surface area contributed by atoms with E-state index in [1.807, 2.05) is 55.1 Å². The lowest BCUT2D eigenvalue weighted by Crippen LogP contribution is -2.26. The fourth-order valence-electron chi connectivity index (χ4n) is 4.03. The molecule has 170 valence electrons. The Hall–Kier alpha value is -3.61. The maximum absolute atomic E-state index is 12.6. The molecule has 1 aliphatic rings. The third-order valence-corrected chi connectivity index (χ3v) is 6.05. The van der Waals surface area contributed by atoms with E-state index in [4.69, 9.17) is 10.1 Å². The van der Waals surface area contributed by atoms with E-state index in [2.05, 4.69) is 41.2 Å². The molecule has 1 fully saturated rings. The van der Waals surface area contributed by atoms with E-state index < -0.39 is 0 Å². The summed E-state index contributed by atoms with van der Waals surface area (Å²) in [6.45, 7) is 7.19. The number of nitrogens with zero attached hydrogens (tertiary/aromatic N) is 4. The Morgan fingerprint density at radius 1 is 1.18 bits per heavy atom. The first-order valence-electron chi connectivity index (χ1n) is 11.6. The minimum Gasteiger partial charge on any atom is -0.382 e. The summed E-state index contributed by atoms with van der Waals surface area (Å²) in [5.74, 6) is 0.507. The Bertz CT molecular complexity index is 1330. The van der Waals surface area contributed by atoms with Crippen LogP contribution in [0.3, 0.4) is 0 Å². The molecular weight excluding hydrogens is 412 g/mol. The smallest absolute Gasteiger partial charge is 0.251 e. The van der Waals surface area contributed by atoms with Crippen molar-refractivity contribution in [1.29, 1.82) is 0 Å². The molecule has 1 aliphatic carbocycles. The SMILES string of the molecule is Cc1cc(-c2cnc3c(NCC(C)C)cc(-c4cccn4C)nn23)ccc1C(=O)NC1CC1. The second-order valence-electron chi connectivity index (χ2n) is 9.38. The minimum absolute atomic E-state index is 0.00369. The number of benzene rings is 1. The maximum atomic E-state index is 12.6. The molecule has 0 aliphatic heterocycles. The summed E-state index contributed by atoms with van der Waals surface area (Å²) >= 11 is 0. The largest absolute Gasteiger partial charge is 0.382 e. The van der Waals surface area contributed by atoms with Gasteiger partial charge in [-0.2, -0.15) is 5.10 Å². The predicted molar refractivity (Wildman–Crippen MR) is 131 cm³/mol. The molecule has 7 heteroatoms. The number of rotatable bonds is 7. The van der Waals surface area contributed by atoms with E-state index >= 15 is 0 Å². The Labute approximate surface area is 193 Å². The average molecular weight is 443 g/mol. The second-order valence-corrected chi connectivity index (χ2v) is 9.38. The highest BCUT2D eigenvalue weighted by Crippen LogP contribution is 2.29. The lowest BCUT2D eigenvalue weighted by molar-refractivity contribution is 0.0950. The van der Waals surface area contributed by atoms with Crippen LogP contribution in [0, 0.1) is 12.8 Å². The summed E-state index contributed by atoms with van der Waals surface area (Å²) in [5, 5.41) is 11.6. The van der Waals surface area contributed by atoms with E-state index in [-0.39, 0.29) is 5.91 Å². The summed E-state index contributed by atoms with van der Waals surface area (Å²) in [4.78, 5) is 17.3. The van der Waals surface area contributed by atoms with Crippen LogP contribution in [0.5, 0.6) is 0 Å². The van der Waals surface area contributed by atoms with Gasteiger partial charge in [-0.15, -0.1) is 0 Å². The van der Waals surface area contributed by atoms with Crippen molar-refractivity contribution in [3.05, 3.63) is 59.9 Å². The first-order valence-corrected chi connectivity index (χ1v) is 11.6. The monoisotopic (exact) mass is 442 g/mol. The summed E-state index contributed by atoms with van der Waals surface area (Å²) < 4.78 is 3.97. The van der Waals surface area contributed by atoms with E-state index in [9.17, 15) is 4.79 Å². The number of anilines is 1. The molecule has 4 aromatic rings. The fraction of sp³-hybridized carbons (Fsp3) is 0.346. The van der Waals surface area contributed by atoms with Gasteiger partial charge in [-0.3, -0.25) is 4.79 Å². The van der Waals surface area contributed by atoms with Gasteiger partial charge in [0.05, 0.1) is 23.3 Å².